The number of carbonyl (C=O) groups is 1. The molecule has 2 unspecified atom stereocenters. The molecule has 0 spiro atoms. The van der Waals surface area contributed by atoms with E-state index in [2.05, 4.69) is 12.7 Å². The van der Waals surface area contributed by atoms with Crippen molar-refractivity contribution in [2.75, 3.05) is 0 Å². The van der Waals surface area contributed by atoms with Gasteiger partial charge in [-0.05, 0) is 37.7 Å². The molecular formula is C12H18O2. The summed E-state index contributed by atoms with van der Waals surface area (Å²) in [5, 5.41) is 0. The smallest absolute Gasteiger partial charge is 0.303 e. The van der Waals surface area contributed by atoms with Crippen molar-refractivity contribution >= 4 is 5.97 Å². The van der Waals surface area contributed by atoms with Gasteiger partial charge >= 0.3 is 5.97 Å². The first-order valence-corrected chi connectivity index (χ1v) is 5.08. The van der Waals surface area contributed by atoms with Gasteiger partial charge in [0.2, 0.25) is 0 Å². The predicted molar refractivity (Wildman–Crippen MR) is 56.8 cm³/mol. The Hall–Kier alpha value is -1.05. The molecule has 0 aromatic carbocycles. The molecule has 1 aliphatic carbocycles. The zero-order chi connectivity index (χ0) is 10.6. The van der Waals surface area contributed by atoms with Gasteiger partial charge in [0.15, 0.2) is 0 Å². The van der Waals surface area contributed by atoms with Crippen LogP contribution in [0.1, 0.15) is 33.1 Å². The number of ether oxygens (including phenoxy) is 1. The van der Waals surface area contributed by atoms with Crippen LogP contribution in [-0.2, 0) is 9.53 Å². The van der Waals surface area contributed by atoms with Crippen LogP contribution in [0.15, 0.2) is 24.3 Å². The van der Waals surface area contributed by atoms with Gasteiger partial charge in [0, 0.05) is 6.92 Å². The molecule has 0 saturated carbocycles. The van der Waals surface area contributed by atoms with Gasteiger partial charge in [0.05, 0.1) is 0 Å². The number of esters is 1. The van der Waals surface area contributed by atoms with E-state index in [0.29, 0.717) is 5.92 Å². The van der Waals surface area contributed by atoms with Crippen molar-refractivity contribution in [2.24, 2.45) is 5.92 Å². The van der Waals surface area contributed by atoms with Crippen LogP contribution in [0, 0.1) is 5.92 Å². The summed E-state index contributed by atoms with van der Waals surface area (Å²) in [4.78, 5) is 10.9. The summed E-state index contributed by atoms with van der Waals surface area (Å²) < 4.78 is 5.24. The van der Waals surface area contributed by atoms with Crippen LogP contribution < -0.4 is 0 Å². The molecule has 14 heavy (non-hydrogen) atoms. The molecule has 0 aromatic heterocycles. The minimum absolute atomic E-state index is 0.00815. The van der Waals surface area contributed by atoms with Crippen molar-refractivity contribution in [3.05, 3.63) is 24.3 Å². The van der Waals surface area contributed by atoms with E-state index in [0.717, 1.165) is 19.3 Å². The molecule has 0 aliphatic heterocycles. The van der Waals surface area contributed by atoms with E-state index < -0.39 is 0 Å². The summed E-state index contributed by atoms with van der Waals surface area (Å²) >= 11 is 0. The lowest BCUT2D eigenvalue weighted by atomic mass is 9.86. The molecule has 0 radical (unpaired) electrons. The predicted octanol–water partition coefficient (Wildman–Crippen LogP) is 2.85. The number of carbonyl (C=O) groups excluding carboxylic acids is 1. The normalized spacial score (nSPS) is 26.6. The molecule has 0 aromatic rings. The molecule has 0 amide bonds. The Morgan fingerprint density at radius 2 is 2.50 bits per heavy atom. The topological polar surface area (TPSA) is 26.3 Å². The van der Waals surface area contributed by atoms with Crippen LogP contribution in [0.3, 0.4) is 0 Å². The van der Waals surface area contributed by atoms with E-state index in [1.165, 1.54) is 12.5 Å². The average molecular weight is 194 g/mol. The summed E-state index contributed by atoms with van der Waals surface area (Å²) in [6.45, 7) is 7.22. The maximum atomic E-state index is 10.9. The fourth-order valence-corrected chi connectivity index (χ4v) is 1.84. The van der Waals surface area contributed by atoms with E-state index in [-0.39, 0.29) is 12.1 Å². The van der Waals surface area contributed by atoms with Crippen LogP contribution in [0.5, 0.6) is 0 Å². The zero-order valence-corrected chi connectivity index (χ0v) is 8.95. The second-order valence-corrected chi connectivity index (χ2v) is 3.91. The highest BCUT2D eigenvalue weighted by Gasteiger charge is 2.23. The first kappa shape index (κ1) is 11.0. The van der Waals surface area contributed by atoms with Gasteiger partial charge in [-0.3, -0.25) is 4.79 Å². The Kier molecular flexibility index (Phi) is 3.93. The van der Waals surface area contributed by atoms with E-state index in [1.807, 2.05) is 13.0 Å². The molecule has 2 nitrogen and oxygen atoms in total. The minimum atomic E-state index is -0.193. The molecule has 0 saturated heterocycles. The molecule has 2 atom stereocenters. The van der Waals surface area contributed by atoms with Gasteiger partial charge < -0.3 is 4.74 Å². The van der Waals surface area contributed by atoms with E-state index >= 15 is 0 Å². The number of hydrogen-bond donors (Lipinski definition) is 0. The Bertz CT molecular complexity index is 253. The zero-order valence-electron chi connectivity index (χ0n) is 8.95. The molecule has 0 bridgehead atoms. The molecule has 1 aliphatic rings. The van der Waals surface area contributed by atoms with Gasteiger partial charge in [-0.2, -0.15) is 0 Å². The average Bonchev–Trinajstić information content (AvgIpc) is 2.10. The second-order valence-electron chi connectivity index (χ2n) is 3.91. The molecule has 0 N–H and O–H groups in total. The second kappa shape index (κ2) is 4.99. The molecule has 1 rings (SSSR count). The SMILES string of the molecule is C=CCC1CC=C(C)C(OC(C)=O)C1. The van der Waals surface area contributed by atoms with Crippen LogP contribution >= 0.6 is 0 Å². The summed E-state index contributed by atoms with van der Waals surface area (Å²) in [5.41, 5.74) is 1.18. The third-order valence-corrected chi connectivity index (χ3v) is 2.64. The molecular weight excluding hydrogens is 176 g/mol. The highest BCUT2D eigenvalue weighted by molar-refractivity contribution is 5.66. The highest BCUT2D eigenvalue weighted by Crippen LogP contribution is 2.28. The van der Waals surface area contributed by atoms with Crippen molar-refractivity contribution in [2.45, 2.75) is 39.2 Å². The van der Waals surface area contributed by atoms with Crippen molar-refractivity contribution in [3.8, 4) is 0 Å². The van der Waals surface area contributed by atoms with E-state index in [4.69, 9.17) is 4.74 Å². The third-order valence-electron chi connectivity index (χ3n) is 2.64. The number of allylic oxidation sites excluding steroid dienone is 2. The molecule has 78 valence electrons. The third kappa shape index (κ3) is 3.02. The lowest BCUT2D eigenvalue weighted by Gasteiger charge is -2.27. The maximum absolute atomic E-state index is 10.9. The van der Waals surface area contributed by atoms with Crippen LogP contribution in [0.2, 0.25) is 0 Å². The monoisotopic (exact) mass is 194 g/mol. The Labute approximate surface area is 85.6 Å². The largest absolute Gasteiger partial charge is 0.458 e. The molecule has 0 fully saturated rings. The fourth-order valence-electron chi connectivity index (χ4n) is 1.84. The number of hydrogen-bond acceptors (Lipinski definition) is 2. The lowest BCUT2D eigenvalue weighted by Crippen LogP contribution is -2.24. The Balaban J connectivity index is 2.56. The summed E-state index contributed by atoms with van der Waals surface area (Å²) in [5.74, 6) is 0.391. The van der Waals surface area contributed by atoms with Crippen LogP contribution in [0.25, 0.3) is 0 Å². The number of rotatable bonds is 3. The lowest BCUT2D eigenvalue weighted by molar-refractivity contribution is -0.145. The van der Waals surface area contributed by atoms with Gasteiger partial charge in [0.25, 0.3) is 0 Å². The van der Waals surface area contributed by atoms with Crippen molar-refractivity contribution in [3.63, 3.8) is 0 Å². The van der Waals surface area contributed by atoms with Crippen molar-refractivity contribution in [1.29, 1.82) is 0 Å². The standard InChI is InChI=1S/C12H18O2/c1-4-5-11-7-6-9(2)12(8-11)14-10(3)13/h4,6,11-12H,1,5,7-8H2,2-3H3. The van der Waals surface area contributed by atoms with Gasteiger partial charge in [-0.25, -0.2) is 0 Å². The summed E-state index contributed by atoms with van der Waals surface area (Å²) in [6.07, 6.45) is 7.12. The summed E-state index contributed by atoms with van der Waals surface area (Å²) in [6, 6.07) is 0. The quantitative estimate of drug-likeness (QED) is 0.510. The van der Waals surface area contributed by atoms with E-state index in [9.17, 15) is 4.79 Å². The van der Waals surface area contributed by atoms with Crippen LogP contribution in [0.4, 0.5) is 0 Å². The van der Waals surface area contributed by atoms with Crippen molar-refractivity contribution in [1.82, 2.24) is 0 Å². The fraction of sp³-hybridized carbons (Fsp3) is 0.583. The Morgan fingerprint density at radius 1 is 1.79 bits per heavy atom. The Morgan fingerprint density at radius 3 is 3.07 bits per heavy atom. The summed E-state index contributed by atoms with van der Waals surface area (Å²) in [7, 11) is 0. The van der Waals surface area contributed by atoms with E-state index in [1.54, 1.807) is 0 Å². The minimum Gasteiger partial charge on any atom is -0.458 e. The first-order chi connectivity index (χ1) is 6.63. The molecule has 0 heterocycles. The van der Waals surface area contributed by atoms with Gasteiger partial charge in [-0.1, -0.05) is 12.2 Å². The van der Waals surface area contributed by atoms with Gasteiger partial charge in [-0.15, -0.1) is 6.58 Å². The highest BCUT2D eigenvalue weighted by atomic mass is 16.5. The van der Waals surface area contributed by atoms with Crippen molar-refractivity contribution < 1.29 is 9.53 Å². The van der Waals surface area contributed by atoms with Gasteiger partial charge in [0.1, 0.15) is 6.10 Å². The maximum Gasteiger partial charge on any atom is 0.303 e. The first-order valence-electron chi connectivity index (χ1n) is 5.08. The molecule has 2 heteroatoms. The van der Waals surface area contributed by atoms with Crippen LogP contribution in [-0.4, -0.2) is 12.1 Å².